The number of hydrogen-bond acceptors (Lipinski definition) is 4. The Morgan fingerprint density at radius 1 is 1.28 bits per heavy atom. The summed E-state index contributed by atoms with van der Waals surface area (Å²) in [5.74, 6) is -2.69. The van der Waals surface area contributed by atoms with E-state index in [0.29, 0.717) is 5.06 Å². The summed E-state index contributed by atoms with van der Waals surface area (Å²) in [5, 5.41) is 9.23. The van der Waals surface area contributed by atoms with E-state index in [1.807, 2.05) is 0 Å². The van der Waals surface area contributed by atoms with Gasteiger partial charge in [0.1, 0.15) is 0 Å². The Hall–Kier alpha value is -2.47. The molecular formula is C12H9NO5. The molecule has 92 valence electrons. The van der Waals surface area contributed by atoms with Crippen LogP contribution in [0.2, 0.25) is 0 Å². The number of benzene rings is 1. The zero-order valence-corrected chi connectivity index (χ0v) is 9.20. The SMILES string of the molecule is C=CC(ON1C(=O)c2ccccc2C1=O)C(=O)O. The number of rotatable bonds is 4. The molecule has 1 unspecified atom stereocenters. The number of carboxylic acids is 1. The Balaban J connectivity index is 2.29. The lowest BCUT2D eigenvalue weighted by Gasteiger charge is -2.16. The predicted octanol–water partition coefficient (Wildman–Crippen LogP) is 0.853. The molecule has 0 aromatic heterocycles. The van der Waals surface area contributed by atoms with Crippen LogP contribution < -0.4 is 0 Å². The number of carboxylic acid groups (broad SMARTS) is 1. The van der Waals surface area contributed by atoms with Crippen molar-refractivity contribution in [2.45, 2.75) is 6.10 Å². The van der Waals surface area contributed by atoms with Crippen molar-refractivity contribution >= 4 is 17.8 Å². The van der Waals surface area contributed by atoms with Crippen molar-refractivity contribution in [2.24, 2.45) is 0 Å². The Kier molecular flexibility index (Phi) is 2.95. The molecule has 2 amide bonds. The van der Waals surface area contributed by atoms with E-state index in [-0.39, 0.29) is 11.1 Å². The van der Waals surface area contributed by atoms with Crippen LogP contribution in [0, 0.1) is 0 Å². The van der Waals surface area contributed by atoms with Gasteiger partial charge in [0.05, 0.1) is 11.1 Å². The van der Waals surface area contributed by atoms with Crippen LogP contribution in [0.1, 0.15) is 20.7 Å². The predicted molar refractivity (Wildman–Crippen MR) is 59.6 cm³/mol. The summed E-state index contributed by atoms with van der Waals surface area (Å²) in [5.41, 5.74) is 0.381. The van der Waals surface area contributed by atoms with Crippen molar-refractivity contribution in [2.75, 3.05) is 0 Å². The molecule has 2 rings (SSSR count). The zero-order valence-electron chi connectivity index (χ0n) is 9.20. The van der Waals surface area contributed by atoms with Gasteiger partial charge in [-0.15, -0.1) is 5.06 Å². The maximum absolute atomic E-state index is 11.8. The van der Waals surface area contributed by atoms with Gasteiger partial charge in [-0.3, -0.25) is 9.59 Å². The lowest BCUT2D eigenvalue weighted by molar-refractivity contribution is -0.166. The topological polar surface area (TPSA) is 83.9 Å². The molecule has 1 aliphatic rings. The van der Waals surface area contributed by atoms with Gasteiger partial charge in [0.2, 0.25) is 6.10 Å². The van der Waals surface area contributed by atoms with Gasteiger partial charge in [-0.1, -0.05) is 18.7 Å². The first-order valence-electron chi connectivity index (χ1n) is 5.06. The Morgan fingerprint density at radius 2 is 1.78 bits per heavy atom. The molecular weight excluding hydrogens is 238 g/mol. The van der Waals surface area contributed by atoms with Gasteiger partial charge >= 0.3 is 5.97 Å². The summed E-state index contributed by atoms with van der Waals surface area (Å²) in [6.07, 6.45) is -0.460. The Labute approximate surface area is 102 Å². The molecule has 6 nitrogen and oxygen atoms in total. The molecule has 18 heavy (non-hydrogen) atoms. The molecule has 0 saturated carbocycles. The van der Waals surface area contributed by atoms with E-state index < -0.39 is 23.9 Å². The highest BCUT2D eigenvalue weighted by Crippen LogP contribution is 2.23. The molecule has 0 aliphatic carbocycles. The summed E-state index contributed by atoms with van der Waals surface area (Å²) >= 11 is 0. The molecule has 1 aromatic carbocycles. The highest BCUT2D eigenvalue weighted by atomic mass is 16.7. The van der Waals surface area contributed by atoms with Crippen LogP contribution in [0.15, 0.2) is 36.9 Å². The van der Waals surface area contributed by atoms with E-state index in [0.717, 1.165) is 6.08 Å². The third-order valence-electron chi connectivity index (χ3n) is 2.43. The monoisotopic (exact) mass is 247 g/mol. The van der Waals surface area contributed by atoms with Gasteiger partial charge in [0.25, 0.3) is 11.8 Å². The standard InChI is InChI=1S/C12H9NO5/c1-2-9(12(16)17)18-13-10(14)7-5-3-4-6-8(7)11(13)15/h2-6,9H,1H2,(H,16,17). The number of nitrogens with zero attached hydrogens (tertiary/aromatic N) is 1. The van der Waals surface area contributed by atoms with E-state index >= 15 is 0 Å². The molecule has 1 heterocycles. The number of carbonyl (C=O) groups is 3. The van der Waals surface area contributed by atoms with Gasteiger partial charge in [-0.2, -0.15) is 0 Å². The van der Waals surface area contributed by atoms with Gasteiger partial charge in [0.15, 0.2) is 0 Å². The second kappa shape index (κ2) is 4.42. The van der Waals surface area contributed by atoms with Crippen LogP contribution in [0.25, 0.3) is 0 Å². The summed E-state index contributed by atoms with van der Waals surface area (Å²) in [4.78, 5) is 39.3. The minimum atomic E-state index is -1.45. The van der Waals surface area contributed by atoms with Crippen LogP contribution in [0.3, 0.4) is 0 Å². The van der Waals surface area contributed by atoms with Gasteiger partial charge in [-0.25, -0.2) is 9.63 Å². The smallest absolute Gasteiger partial charge is 0.339 e. The Morgan fingerprint density at radius 3 is 2.17 bits per heavy atom. The van der Waals surface area contributed by atoms with Crippen LogP contribution in [-0.4, -0.2) is 34.1 Å². The molecule has 1 N–H and O–H groups in total. The molecule has 0 saturated heterocycles. The lowest BCUT2D eigenvalue weighted by Crippen LogP contribution is -2.37. The largest absolute Gasteiger partial charge is 0.479 e. The van der Waals surface area contributed by atoms with E-state index in [1.165, 1.54) is 12.1 Å². The fourth-order valence-corrected chi connectivity index (χ4v) is 1.57. The molecule has 0 fully saturated rings. The second-order valence-electron chi connectivity index (χ2n) is 3.55. The number of aliphatic carboxylic acids is 1. The first-order chi connectivity index (χ1) is 8.56. The first-order valence-corrected chi connectivity index (χ1v) is 5.06. The fourth-order valence-electron chi connectivity index (χ4n) is 1.57. The van der Waals surface area contributed by atoms with E-state index in [1.54, 1.807) is 12.1 Å². The van der Waals surface area contributed by atoms with Gasteiger partial charge in [0, 0.05) is 0 Å². The van der Waals surface area contributed by atoms with Crippen molar-refractivity contribution in [3.8, 4) is 0 Å². The Bertz CT molecular complexity index is 516. The quantitative estimate of drug-likeness (QED) is 0.630. The average Bonchev–Trinajstić information content (AvgIpc) is 2.60. The highest BCUT2D eigenvalue weighted by molar-refractivity contribution is 6.20. The van der Waals surface area contributed by atoms with E-state index in [2.05, 4.69) is 6.58 Å². The molecule has 1 atom stereocenters. The summed E-state index contributed by atoms with van der Waals surface area (Å²) in [7, 11) is 0. The number of hydroxylamine groups is 2. The van der Waals surface area contributed by atoms with Crippen molar-refractivity contribution < 1.29 is 24.3 Å². The number of amides is 2. The molecule has 0 radical (unpaired) electrons. The third-order valence-corrected chi connectivity index (χ3v) is 2.43. The van der Waals surface area contributed by atoms with Crippen molar-refractivity contribution in [1.82, 2.24) is 5.06 Å². The average molecular weight is 247 g/mol. The van der Waals surface area contributed by atoms with Crippen LogP contribution in [0.5, 0.6) is 0 Å². The van der Waals surface area contributed by atoms with E-state index in [9.17, 15) is 14.4 Å². The fraction of sp³-hybridized carbons (Fsp3) is 0.0833. The van der Waals surface area contributed by atoms with Gasteiger partial charge in [-0.05, 0) is 18.2 Å². The number of imide groups is 1. The molecule has 1 aromatic rings. The van der Waals surface area contributed by atoms with Crippen LogP contribution in [-0.2, 0) is 9.63 Å². The minimum absolute atomic E-state index is 0.190. The number of carbonyl (C=O) groups excluding carboxylic acids is 2. The second-order valence-corrected chi connectivity index (χ2v) is 3.55. The first kappa shape index (κ1) is 12.0. The minimum Gasteiger partial charge on any atom is -0.479 e. The highest BCUT2D eigenvalue weighted by Gasteiger charge is 2.38. The van der Waals surface area contributed by atoms with Gasteiger partial charge < -0.3 is 5.11 Å². The number of hydrogen-bond donors (Lipinski definition) is 1. The summed E-state index contributed by atoms with van der Waals surface area (Å²) < 4.78 is 0. The summed E-state index contributed by atoms with van der Waals surface area (Å²) in [6, 6.07) is 6.16. The van der Waals surface area contributed by atoms with Crippen LogP contribution >= 0.6 is 0 Å². The molecule has 0 spiro atoms. The third kappa shape index (κ3) is 1.78. The van der Waals surface area contributed by atoms with Crippen LogP contribution in [0.4, 0.5) is 0 Å². The van der Waals surface area contributed by atoms with E-state index in [4.69, 9.17) is 9.94 Å². The molecule has 0 bridgehead atoms. The lowest BCUT2D eigenvalue weighted by atomic mass is 10.1. The zero-order chi connectivity index (χ0) is 13.3. The molecule has 1 aliphatic heterocycles. The maximum atomic E-state index is 11.8. The normalized spacial score (nSPS) is 15.4. The summed E-state index contributed by atoms with van der Waals surface area (Å²) in [6.45, 7) is 3.27. The molecule has 6 heteroatoms. The van der Waals surface area contributed by atoms with Crippen molar-refractivity contribution in [1.29, 1.82) is 0 Å². The maximum Gasteiger partial charge on any atom is 0.339 e. The number of fused-ring (bicyclic) bond motifs is 1. The van der Waals surface area contributed by atoms with Crippen molar-refractivity contribution in [3.05, 3.63) is 48.0 Å². The van der Waals surface area contributed by atoms with Crippen molar-refractivity contribution in [3.63, 3.8) is 0 Å².